The van der Waals surface area contributed by atoms with Gasteiger partial charge in [0.1, 0.15) is 0 Å². The molecule has 0 heterocycles. The molecule has 0 saturated carbocycles. The minimum absolute atomic E-state index is 0.0727. The Bertz CT molecular complexity index is 693. The Labute approximate surface area is 155 Å². The minimum Gasteiger partial charge on any atom is -0.337 e. The van der Waals surface area contributed by atoms with Crippen molar-refractivity contribution in [3.05, 3.63) is 65.6 Å². The lowest BCUT2D eigenvalue weighted by Crippen LogP contribution is -2.26. The lowest BCUT2D eigenvalue weighted by atomic mass is 10.1. The number of amides is 1. The quantitative estimate of drug-likeness (QED) is 0.502. The number of hydrogen-bond acceptors (Lipinski definition) is 1. The number of rotatable bonds is 3. The summed E-state index contributed by atoms with van der Waals surface area (Å²) in [7, 11) is 1.74. The second kappa shape index (κ2) is 7.31. The number of benzene rings is 2. The monoisotopic (exact) mass is 497 g/mol. The Hall–Kier alpha value is -0.300. The zero-order valence-electron chi connectivity index (χ0n) is 11.0. The highest BCUT2D eigenvalue weighted by molar-refractivity contribution is 14.1. The fourth-order valence-electron chi connectivity index (χ4n) is 1.86. The van der Waals surface area contributed by atoms with Crippen molar-refractivity contribution in [2.24, 2.45) is 0 Å². The minimum atomic E-state index is -0.0727. The van der Waals surface area contributed by atoms with Gasteiger partial charge in [-0.1, -0.05) is 35.3 Å². The summed E-state index contributed by atoms with van der Waals surface area (Å²) in [6.45, 7) is 0.399. The first-order valence-electron chi connectivity index (χ1n) is 6.03. The SMILES string of the molecule is CN(Cc1cccc(Cl)c1Cl)C(=O)c1cc(I)ccc1Br. The number of carbonyl (C=O) groups excluding carboxylic acids is 1. The van der Waals surface area contributed by atoms with Crippen molar-refractivity contribution in [3.8, 4) is 0 Å². The van der Waals surface area contributed by atoms with E-state index in [2.05, 4.69) is 38.5 Å². The highest BCUT2D eigenvalue weighted by atomic mass is 127. The van der Waals surface area contributed by atoms with Gasteiger partial charge >= 0.3 is 0 Å². The summed E-state index contributed by atoms with van der Waals surface area (Å²) in [4.78, 5) is 14.2. The summed E-state index contributed by atoms with van der Waals surface area (Å²) < 4.78 is 1.78. The van der Waals surface area contributed by atoms with Gasteiger partial charge in [0, 0.05) is 21.6 Å². The maximum absolute atomic E-state index is 12.5. The maximum Gasteiger partial charge on any atom is 0.255 e. The lowest BCUT2D eigenvalue weighted by molar-refractivity contribution is 0.0784. The fraction of sp³-hybridized carbons (Fsp3) is 0.133. The van der Waals surface area contributed by atoms with Crippen molar-refractivity contribution in [3.63, 3.8) is 0 Å². The second-order valence-corrected chi connectivity index (χ2v) is 7.38. The molecule has 2 aromatic carbocycles. The van der Waals surface area contributed by atoms with Crippen LogP contribution in [0.2, 0.25) is 10.0 Å². The van der Waals surface area contributed by atoms with Crippen LogP contribution in [0.15, 0.2) is 40.9 Å². The Kier molecular flexibility index (Phi) is 5.94. The highest BCUT2D eigenvalue weighted by Gasteiger charge is 2.17. The van der Waals surface area contributed by atoms with E-state index < -0.39 is 0 Å². The topological polar surface area (TPSA) is 20.3 Å². The molecule has 2 nitrogen and oxygen atoms in total. The first-order chi connectivity index (χ1) is 9.90. The van der Waals surface area contributed by atoms with Crippen LogP contribution in [0.3, 0.4) is 0 Å². The molecule has 0 aliphatic carbocycles. The summed E-state index contributed by atoms with van der Waals surface area (Å²) in [5.41, 5.74) is 1.45. The summed E-state index contributed by atoms with van der Waals surface area (Å²) in [5, 5.41) is 0.978. The van der Waals surface area contributed by atoms with Crippen LogP contribution in [0, 0.1) is 3.57 Å². The van der Waals surface area contributed by atoms with E-state index in [-0.39, 0.29) is 5.91 Å². The molecule has 110 valence electrons. The molecule has 6 heteroatoms. The first-order valence-corrected chi connectivity index (χ1v) is 8.66. The van der Waals surface area contributed by atoms with E-state index in [1.165, 1.54) is 0 Å². The lowest BCUT2D eigenvalue weighted by Gasteiger charge is -2.19. The van der Waals surface area contributed by atoms with Crippen LogP contribution in [-0.2, 0) is 6.54 Å². The number of hydrogen-bond donors (Lipinski definition) is 0. The van der Waals surface area contributed by atoms with E-state index in [0.29, 0.717) is 22.2 Å². The third kappa shape index (κ3) is 4.12. The van der Waals surface area contributed by atoms with Gasteiger partial charge in [-0.3, -0.25) is 4.79 Å². The van der Waals surface area contributed by atoms with Crippen LogP contribution in [0.25, 0.3) is 0 Å². The van der Waals surface area contributed by atoms with Gasteiger partial charge in [0.05, 0.1) is 15.6 Å². The summed E-state index contributed by atoms with van der Waals surface area (Å²) in [5.74, 6) is -0.0727. The number of halogens is 4. The predicted molar refractivity (Wildman–Crippen MR) is 99.1 cm³/mol. The van der Waals surface area contributed by atoms with Crippen LogP contribution >= 0.6 is 61.7 Å². The van der Waals surface area contributed by atoms with E-state index in [1.54, 1.807) is 18.0 Å². The molecular weight excluding hydrogens is 488 g/mol. The van der Waals surface area contributed by atoms with E-state index in [4.69, 9.17) is 23.2 Å². The van der Waals surface area contributed by atoms with Crippen molar-refractivity contribution in [2.45, 2.75) is 6.54 Å². The molecule has 0 spiro atoms. The van der Waals surface area contributed by atoms with Crippen LogP contribution in [-0.4, -0.2) is 17.9 Å². The molecule has 0 bridgehead atoms. The largest absolute Gasteiger partial charge is 0.337 e. The molecule has 1 amide bonds. The van der Waals surface area contributed by atoms with Crippen molar-refractivity contribution < 1.29 is 4.79 Å². The van der Waals surface area contributed by atoms with Gasteiger partial charge in [0.2, 0.25) is 0 Å². The molecule has 0 fully saturated rings. The molecule has 2 rings (SSSR count). The van der Waals surface area contributed by atoms with Gasteiger partial charge in [-0.15, -0.1) is 0 Å². The molecule has 0 aromatic heterocycles. The van der Waals surface area contributed by atoms with E-state index >= 15 is 0 Å². The van der Waals surface area contributed by atoms with Gasteiger partial charge < -0.3 is 4.90 Å². The van der Waals surface area contributed by atoms with Gasteiger partial charge in [-0.2, -0.15) is 0 Å². The molecule has 0 N–H and O–H groups in total. The summed E-state index contributed by atoms with van der Waals surface area (Å²) >= 11 is 17.8. The molecule has 0 aliphatic heterocycles. The van der Waals surface area contributed by atoms with Gasteiger partial charge in [0.15, 0.2) is 0 Å². The number of nitrogens with zero attached hydrogens (tertiary/aromatic N) is 1. The van der Waals surface area contributed by atoms with Crippen LogP contribution in [0.5, 0.6) is 0 Å². The molecule has 2 aromatic rings. The van der Waals surface area contributed by atoms with E-state index in [0.717, 1.165) is 13.6 Å². The predicted octanol–water partition coefficient (Wildman–Crippen LogP) is 5.63. The third-order valence-electron chi connectivity index (χ3n) is 2.94. The van der Waals surface area contributed by atoms with Crippen molar-refractivity contribution in [1.29, 1.82) is 0 Å². The molecule has 0 aliphatic rings. The van der Waals surface area contributed by atoms with Crippen molar-refractivity contribution in [2.75, 3.05) is 7.05 Å². The summed E-state index contributed by atoms with van der Waals surface area (Å²) in [6.07, 6.45) is 0. The Balaban J connectivity index is 2.24. The van der Waals surface area contributed by atoms with Crippen molar-refractivity contribution >= 4 is 67.6 Å². The first kappa shape index (κ1) is 17.1. The third-order valence-corrected chi connectivity index (χ3v) is 5.17. The Morgan fingerprint density at radius 3 is 2.71 bits per heavy atom. The average molecular weight is 499 g/mol. The fourth-order valence-corrected chi connectivity index (χ4v) is 3.15. The smallest absolute Gasteiger partial charge is 0.255 e. The molecule has 0 unspecified atom stereocenters. The maximum atomic E-state index is 12.5. The van der Waals surface area contributed by atoms with Gasteiger partial charge in [-0.05, 0) is 68.3 Å². The van der Waals surface area contributed by atoms with Crippen LogP contribution < -0.4 is 0 Å². The Morgan fingerprint density at radius 1 is 1.29 bits per heavy atom. The molecule has 0 atom stereocenters. The average Bonchev–Trinajstić information content (AvgIpc) is 2.45. The molecule has 21 heavy (non-hydrogen) atoms. The normalized spacial score (nSPS) is 10.5. The van der Waals surface area contributed by atoms with Crippen LogP contribution in [0.4, 0.5) is 0 Å². The molecular formula is C15H11BrCl2INO. The molecule has 0 saturated heterocycles. The second-order valence-electron chi connectivity index (χ2n) is 4.50. The Morgan fingerprint density at radius 2 is 2.00 bits per heavy atom. The zero-order valence-corrected chi connectivity index (χ0v) is 16.3. The molecule has 0 radical (unpaired) electrons. The van der Waals surface area contributed by atoms with Gasteiger partial charge in [0.25, 0.3) is 5.91 Å². The van der Waals surface area contributed by atoms with Crippen molar-refractivity contribution in [1.82, 2.24) is 4.90 Å². The standard InChI is InChI=1S/C15H11BrCl2INO/c1-20(8-9-3-2-4-13(17)14(9)18)15(21)11-7-10(19)5-6-12(11)16/h2-7H,8H2,1H3. The zero-order chi connectivity index (χ0) is 15.6. The summed E-state index contributed by atoms with van der Waals surface area (Å²) in [6, 6.07) is 11.1. The highest BCUT2D eigenvalue weighted by Crippen LogP contribution is 2.27. The number of carbonyl (C=O) groups is 1. The van der Waals surface area contributed by atoms with Gasteiger partial charge in [-0.25, -0.2) is 0 Å². The van der Waals surface area contributed by atoms with Crippen LogP contribution in [0.1, 0.15) is 15.9 Å². The van der Waals surface area contributed by atoms with E-state index in [1.807, 2.05) is 30.3 Å². The van der Waals surface area contributed by atoms with E-state index in [9.17, 15) is 4.79 Å².